The molecule has 0 aromatic rings. The minimum Gasteiger partial charge on any atom is -0.444 e. The molecule has 1 amide bonds. The lowest BCUT2D eigenvalue weighted by molar-refractivity contribution is -0.176. The van der Waals surface area contributed by atoms with Gasteiger partial charge in [-0.05, 0) is 33.6 Å². The van der Waals surface area contributed by atoms with Crippen LogP contribution in [0.5, 0.6) is 0 Å². The van der Waals surface area contributed by atoms with Crippen LogP contribution in [0, 0.1) is 0 Å². The molecule has 0 spiro atoms. The van der Waals surface area contributed by atoms with Crippen molar-refractivity contribution in [2.45, 2.75) is 57.5 Å². The molecule has 7 heteroatoms. The van der Waals surface area contributed by atoms with Crippen molar-refractivity contribution in [1.82, 2.24) is 4.90 Å². The lowest BCUT2D eigenvalue weighted by atomic mass is 10.2. The van der Waals surface area contributed by atoms with E-state index < -0.39 is 30.0 Å². The summed E-state index contributed by atoms with van der Waals surface area (Å²) in [6.45, 7) is 4.84. The van der Waals surface area contributed by atoms with Gasteiger partial charge in [0.25, 0.3) is 0 Å². The van der Waals surface area contributed by atoms with E-state index in [4.69, 9.17) is 10.5 Å². The fourth-order valence-electron chi connectivity index (χ4n) is 2.03. The number of ether oxygens (including phenoxy) is 1. The van der Waals surface area contributed by atoms with Gasteiger partial charge in [-0.25, -0.2) is 4.79 Å². The van der Waals surface area contributed by atoms with Gasteiger partial charge in [-0.3, -0.25) is 4.90 Å². The standard InChI is InChI=1S/C11H19F3N2O2/c1-10(2,3)18-9(17)16-7(6-15)4-5-8(16)11(12,13)14/h7-8H,4-6,15H2,1-3H3/t7-,8-/m1/s1. The van der Waals surface area contributed by atoms with Gasteiger partial charge in [-0.1, -0.05) is 0 Å². The van der Waals surface area contributed by atoms with E-state index in [9.17, 15) is 18.0 Å². The molecule has 0 saturated carbocycles. The van der Waals surface area contributed by atoms with Gasteiger partial charge in [0.05, 0.1) is 0 Å². The smallest absolute Gasteiger partial charge is 0.411 e. The first-order chi connectivity index (χ1) is 8.06. The Morgan fingerprint density at radius 2 is 1.89 bits per heavy atom. The molecule has 0 aromatic heterocycles. The Balaban J connectivity index is 2.88. The normalized spacial score (nSPS) is 25.4. The van der Waals surface area contributed by atoms with E-state index >= 15 is 0 Å². The van der Waals surface area contributed by atoms with Crippen LogP contribution >= 0.6 is 0 Å². The summed E-state index contributed by atoms with van der Waals surface area (Å²) >= 11 is 0. The molecule has 0 aliphatic carbocycles. The summed E-state index contributed by atoms with van der Waals surface area (Å²) < 4.78 is 43.5. The average Bonchev–Trinajstić information content (AvgIpc) is 2.56. The summed E-state index contributed by atoms with van der Waals surface area (Å²) in [5.41, 5.74) is 4.59. The molecule has 2 atom stereocenters. The molecule has 1 aliphatic rings. The summed E-state index contributed by atoms with van der Waals surface area (Å²) in [5.74, 6) is 0. The number of alkyl halides is 3. The van der Waals surface area contributed by atoms with Gasteiger partial charge < -0.3 is 10.5 Å². The Bertz CT molecular complexity index is 312. The number of carbonyl (C=O) groups excluding carboxylic acids is 1. The van der Waals surface area contributed by atoms with Gasteiger partial charge in [0, 0.05) is 12.6 Å². The Kier molecular flexibility index (Phi) is 4.15. The third-order valence-electron chi connectivity index (χ3n) is 2.76. The van der Waals surface area contributed by atoms with Gasteiger partial charge >= 0.3 is 12.3 Å². The number of nitrogens with two attached hydrogens (primary N) is 1. The maximum absolute atomic E-state index is 12.8. The third kappa shape index (κ3) is 3.51. The van der Waals surface area contributed by atoms with Gasteiger partial charge in [0.2, 0.25) is 0 Å². The van der Waals surface area contributed by atoms with Crippen LogP contribution in [0.3, 0.4) is 0 Å². The van der Waals surface area contributed by atoms with Gasteiger partial charge in [-0.15, -0.1) is 0 Å². The van der Waals surface area contributed by atoms with Crippen LogP contribution < -0.4 is 5.73 Å². The van der Waals surface area contributed by atoms with E-state index in [1.165, 1.54) is 0 Å². The van der Waals surface area contributed by atoms with E-state index in [0.717, 1.165) is 4.90 Å². The molecule has 1 heterocycles. The highest BCUT2D eigenvalue weighted by molar-refractivity contribution is 5.69. The molecule has 0 aromatic carbocycles. The Morgan fingerprint density at radius 3 is 2.28 bits per heavy atom. The van der Waals surface area contributed by atoms with Crippen LogP contribution in [-0.4, -0.2) is 41.4 Å². The maximum atomic E-state index is 12.8. The number of likely N-dealkylation sites (tertiary alicyclic amines) is 1. The lowest BCUT2D eigenvalue weighted by Gasteiger charge is -2.32. The molecule has 106 valence electrons. The van der Waals surface area contributed by atoms with E-state index in [0.29, 0.717) is 0 Å². The molecule has 1 aliphatic heterocycles. The first kappa shape index (κ1) is 15.1. The Morgan fingerprint density at radius 1 is 1.33 bits per heavy atom. The number of nitrogens with zero attached hydrogens (tertiary/aromatic N) is 1. The van der Waals surface area contributed by atoms with Crippen molar-refractivity contribution < 1.29 is 22.7 Å². The van der Waals surface area contributed by atoms with Crippen molar-refractivity contribution in [1.29, 1.82) is 0 Å². The molecule has 1 saturated heterocycles. The second-order valence-corrected chi connectivity index (χ2v) is 5.41. The zero-order valence-corrected chi connectivity index (χ0v) is 10.8. The van der Waals surface area contributed by atoms with E-state index in [2.05, 4.69) is 0 Å². The van der Waals surface area contributed by atoms with Crippen LogP contribution in [0.1, 0.15) is 33.6 Å². The molecule has 0 bridgehead atoms. The van der Waals surface area contributed by atoms with Crippen molar-refractivity contribution in [2.24, 2.45) is 5.73 Å². The summed E-state index contributed by atoms with van der Waals surface area (Å²) in [7, 11) is 0. The lowest BCUT2D eigenvalue weighted by Crippen LogP contribution is -2.51. The summed E-state index contributed by atoms with van der Waals surface area (Å²) in [6, 6.07) is -2.40. The van der Waals surface area contributed by atoms with Gasteiger partial charge in [0.1, 0.15) is 11.6 Å². The molecule has 2 N–H and O–H groups in total. The molecule has 18 heavy (non-hydrogen) atoms. The van der Waals surface area contributed by atoms with Crippen molar-refractivity contribution >= 4 is 6.09 Å². The topological polar surface area (TPSA) is 55.6 Å². The highest BCUT2D eigenvalue weighted by Crippen LogP contribution is 2.36. The van der Waals surface area contributed by atoms with Crippen LogP contribution in [-0.2, 0) is 4.74 Å². The highest BCUT2D eigenvalue weighted by Gasteiger charge is 2.52. The highest BCUT2D eigenvalue weighted by atomic mass is 19.4. The second-order valence-electron chi connectivity index (χ2n) is 5.41. The van der Waals surface area contributed by atoms with Crippen molar-refractivity contribution in [3.8, 4) is 0 Å². The summed E-state index contributed by atoms with van der Waals surface area (Å²) in [5, 5.41) is 0. The van der Waals surface area contributed by atoms with Crippen molar-refractivity contribution in [2.75, 3.05) is 6.54 Å². The minimum atomic E-state index is -4.44. The van der Waals surface area contributed by atoms with E-state index in [1.807, 2.05) is 0 Å². The minimum absolute atomic E-state index is 0.00578. The first-order valence-electron chi connectivity index (χ1n) is 5.84. The summed E-state index contributed by atoms with van der Waals surface area (Å²) in [6.07, 6.45) is -5.26. The Hall–Kier alpha value is -0.980. The SMILES string of the molecule is CC(C)(C)OC(=O)N1[C@@H](CN)CC[C@@H]1C(F)(F)F. The van der Waals surface area contributed by atoms with Crippen LogP contribution in [0.4, 0.5) is 18.0 Å². The van der Waals surface area contributed by atoms with Crippen LogP contribution in [0.25, 0.3) is 0 Å². The number of amides is 1. The number of rotatable bonds is 1. The first-order valence-corrected chi connectivity index (χ1v) is 5.84. The molecular weight excluding hydrogens is 249 g/mol. The summed E-state index contributed by atoms with van der Waals surface area (Å²) in [4.78, 5) is 12.6. The maximum Gasteiger partial charge on any atom is 0.411 e. The van der Waals surface area contributed by atoms with Gasteiger partial charge in [-0.2, -0.15) is 13.2 Å². The zero-order valence-electron chi connectivity index (χ0n) is 10.8. The number of hydrogen-bond donors (Lipinski definition) is 1. The molecule has 1 rings (SSSR count). The van der Waals surface area contributed by atoms with Crippen LogP contribution in [0.2, 0.25) is 0 Å². The Labute approximate surface area is 104 Å². The molecule has 4 nitrogen and oxygen atoms in total. The van der Waals surface area contributed by atoms with Crippen LogP contribution in [0.15, 0.2) is 0 Å². The predicted octanol–water partition coefficient (Wildman–Crippen LogP) is 2.28. The quantitative estimate of drug-likeness (QED) is 0.793. The second kappa shape index (κ2) is 4.95. The predicted molar refractivity (Wildman–Crippen MR) is 60.0 cm³/mol. The molecule has 1 fully saturated rings. The average molecular weight is 268 g/mol. The number of carbonyl (C=O) groups is 1. The van der Waals surface area contributed by atoms with E-state index in [-0.39, 0.29) is 19.4 Å². The van der Waals surface area contributed by atoms with Gasteiger partial charge in [0.15, 0.2) is 0 Å². The third-order valence-corrected chi connectivity index (χ3v) is 2.76. The largest absolute Gasteiger partial charge is 0.444 e. The number of hydrogen-bond acceptors (Lipinski definition) is 3. The fourth-order valence-corrected chi connectivity index (χ4v) is 2.03. The van der Waals surface area contributed by atoms with E-state index in [1.54, 1.807) is 20.8 Å². The monoisotopic (exact) mass is 268 g/mol. The van der Waals surface area contributed by atoms with Crippen molar-refractivity contribution in [3.63, 3.8) is 0 Å². The molecule has 0 radical (unpaired) electrons. The zero-order chi connectivity index (χ0) is 14.1. The molecule has 0 unspecified atom stereocenters. The molecular formula is C11H19F3N2O2. The number of halogens is 3. The van der Waals surface area contributed by atoms with Crippen molar-refractivity contribution in [3.05, 3.63) is 0 Å². The fraction of sp³-hybridized carbons (Fsp3) is 0.909.